The predicted molar refractivity (Wildman–Crippen MR) is 38.5 cm³/mol. The first-order valence-corrected chi connectivity index (χ1v) is 5.03. The standard InChI is InChI=1S/C3H8NO4PS/c4-3(5)1-2-8-9(6,7)10/h1-2H2,(H2,4,5)(H2,6,7,10). The third-order valence-electron chi connectivity index (χ3n) is 0.608. The number of primary amides is 1. The Morgan fingerprint density at radius 3 is 2.50 bits per heavy atom. The lowest BCUT2D eigenvalue weighted by Crippen LogP contribution is -2.12. The highest BCUT2D eigenvalue weighted by Crippen LogP contribution is 2.35. The van der Waals surface area contributed by atoms with Crippen LogP contribution in [-0.4, -0.2) is 22.3 Å². The van der Waals surface area contributed by atoms with E-state index >= 15 is 0 Å². The molecule has 10 heavy (non-hydrogen) atoms. The van der Waals surface area contributed by atoms with Gasteiger partial charge < -0.3 is 20.0 Å². The molecule has 0 aromatic heterocycles. The Bertz CT molecular complexity index is 166. The Hall–Kier alpha value is -0.0000000000000000833. The van der Waals surface area contributed by atoms with Crippen molar-refractivity contribution in [1.82, 2.24) is 0 Å². The van der Waals surface area contributed by atoms with E-state index in [0.717, 1.165) is 0 Å². The van der Waals surface area contributed by atoms with E-state index in [1.54, 1.807) is 0 Å². The fraction of sp³-hybridized carbons (Fsp3) is 0.667. The summed E-state index contributed by atoms with van der Waals surface area (Å²) >= 11 is 4.08. The second-order valence-corrected chi connectivity index (χ2v) is 4.21. The molecule has 0 fully saturated rings. The molecule has 0 aliphatic carbocycles. The molecule has 0 spiro atoms. The Morgan fingerprint density at radius 2 is 2.20 bits per heavy atom. The molecule has 0 atom stereocenters. The van der Waals surface area contributed by atoms with Gasteiger partial charge in [0.05, 0.1) is 13.0 Å². The summed E-state index contributed by atoms with van der Waals surface area (Å²) in [5.74, 6) is -0.566. The maximum absolute atomic E-state index is 10.0. The Labute approximate surface area is 63.1 Å². The van der Waals surface area contributed by atoms with Gasteiger partial charge in [0, 0.05) is 0 Å². The topological polar surface area (TPSA) is 92.8 Å². The predicted octanol–water partition coefficient (Wildman–Crippen LogP) is -0.913. The summed E-state index contributed by atoms with van der Waals surface area (Å²) in [6.07, 6.45) is -0.0560. The molecule has 0 aromatic carbocycles. The van der Waals surface area contributed by atoms with Gasteiger partial charge in [-0.05, 0) is 11.8 Å². The van der Waals surface area contributed by atoms with Crippen molar-refractivity contribution >= 4 is 24.4 Å². The molecule has 0 heterocycles. The molecule has 0 bridgehead atoms. The van der Waals surface area contributed by atoms with Crippen LogP contribution in [0.4, 0.5) is 0 Å². The van der Waals surface area contributed by atoms with Crippen LogP contribution in [0.25, 0.3) is 0 Å². The molecule has 60 valence electrons. The molecule has 0 saturated heterocycles. The van der Waals surface area contributed by atoms with Gasteiger partial charge in [-0.25, -0.2) is 0 Å². The van der Waals surface area contributed by atoms with Gasteiger partial charge in [-0.3, -0.25) is 4.79 Å². The Kier molecular flexibility index (Phi) is 4.00. The van der Waals surface area contributed by atoms with E-state index in [2.05, 4.69) is 16.3 Å². The zero-order chi connectivity index (χ0) is 8.20. The third kappa shape index (κ3) is 8.00. The minimum Gasteiger partial charge on any atom is -0.370 e. The van der Waals surface area contributed by atoms with Crippen molar-refractivity contribution < 1.29 is 19.1 Å². The zero-order valence-corrected chi connectivity index (χ0v) is 6.77. The summed E-state index contributed by atoms with van der Waals surface area (Å²) in [7, 11) is 0. The summed E-state index contributed by atoms with van der Waals surface area (Å²) < 4.78 is 4.28. The van der Waals surface area contributed by atoms with Gasteiger partial charge in [-0.15, -0.1) is 0 Å². The van der Waals surface area contributed by atoms with Gasteiger partial charge in [0.25, 0.3) is 0 Å². The van der Waals surface area contributed by atoms with E-state index in [4.69, 9.17) is 15.5 Å². The normalized spacial score (nSPS) is 11.4. The van der Waals surface area contributed by atoms with Crippen LogP contribution >= 0.6 is 6.72 Å². The van der Waals surface area contributed by atoms with Crippen molar-refractivity contribution in [1.29, 1.82) is 0 Å². The first-order chi connectivity index (χ1) is 4.42. The SMILES string of the molecule is NC(=O)CCOP(O)(O)=S. The smallest absolute Gasteiger partial charge is 0.321 e. The molecular formula is C3H8NO4PS. The van der Waals surface area contributed by atoms with Gasteiger partial charge >= 0.3 is 6.72 Å². The number of nitrogens with two attached hydrogens (primary N) is 1. The van der Waals surface area contributed by atoms with Crippen LogP contribution in [0, 0.1) is 0 Å². The monoisotopic (exact) mass is 185 g/mol. The average molecular weight is 185 g/mol. The third-order valence-corrected chi connectivity index (χ3v) is 1.44. The second kappa shape index (κ2) is 4.00. The number of hydrogen-bond donors (Lipinski definition) is 3. The highest BCUT2D eigenvalue weighted by Gasteiger charge is 2.07. The average Bonchev–Trinajstić information content (AvgIpc) is 1.59. The second-order valence-electron chi connectivity index (χ2n) is 1.54. The van der Waals surface area contributed by atoms with Crippen molar-refractivity contribution in [3.63, 3.8) is 0 Å². The lowest BCUT2D eigenvalue weighted by atomic mass is 10.4. The van der Waals surface area contributed by atoms with Gasteiger partial charge in [0.1, 0.15) is 0 Å². The lowest BCUT2D eigenvalue weighted by Gasteiger charge is -2.05. The number of carbonyl (C=O) groups excluding carboxylic acids is 1. The molecule has 4 N–H and O–H groups in total. The van der Waals surface area contributed by atoms with E-state index in [1.807, 2.05) is 0 Å². The molecule has 0 saturated carbocycles. The minimum atomic E-state index is -3.60. The Balaban J connectivity index is 3.39. The lowest BCUT2D eigenvalue weighted by molar-refractivity contribution is -0.118. The zero-order valence-electron chi connectivity index (χ0n) is 5.06. The number of amides is 1. The van der Waals surface area contributed by atoms with E-state index < -0.39 is 12.6 Å². The van der Waals surface area contributed by atoms with E-state index in [1.165, 1.54) is 0 Å². The Morgan fingerprint density at radius 1 is 1.70 bits per heavy atom. The van der Waals surface area contributed by atoms with Crippen LogP contribution in [0.1, 0.15) is 6.42 Å². The largest absolute Gasteiger partial charge is 0.370 e. The van der Waals surface area contributed by atoms with Gasteiger partial charge in [-0.2, -0.15) is 0 Å². The van der Waals surface area contributed by atoms with E-state index in [9.17, 15) is 4.79 Å². The van der Waals surface area contributed by atoms with Gasteiger partial charge in [0.2, 0.25) is 5.91 Å². The minimum absolute atomic E-state index is 0.0560. The quantitative estimate of drug-likeness (QED) is 0.493. The summed E-state index contributed by atoms with van der Waals surface area (Å²) in [5.41, 5.74) is 4.72. The molecule has 5 nitrogen and oxygen atoms in total. The maximum Gasteiger partial charge on any atom is 0.321 e. The first-order valence-electron chi connectivity index (χ1n) is 2.40. The van der Waals surface area contributed by atoms with Crippen LogP contribution in [0.5, 0.6) is 0 Å². The van der Waals surface area contributed by atoms with Crippen LogP contribution < -0.4 is 5.73 Å². The summed E-state index contributed by atoms with van der Waals surface area (Å²) in [6.45, 7) is -3.74. The van der Waals surface area contributed by atoms with Crippen molar-refractivity contribution in [2.75, 3.05) is 6.61 Å². The molecule has 0 unspecified atom stereocenters. The van der Waals surface area contributed by atoms with Crippen LogP contribution in [-0.2, 0) is 21.1 Å². The van der Waals surface area contributed by atoms with Crippen molar-refractivity contribution in [3.8, 4) is 0 Å². The first kappa shape index (κ1) is 10.0. The summed E-state index contributed by atoms with van der Waals surface area (Å²) in [6, 6.07) is 0. The fourth-order valence-corrected chi connectivity index (χ4v) is 0.818. The molecule has 0 aliphatic rings. The van der Waals surface area contributed by atoms with Crippen molar-refractivity contribution in [3.05, 3.63) is 0 Å². The number of carbonyl (C=O) groups is 1. The molecular weight excluding hydrogens is 177 g/mol. The van der Waals surface area contributed by atoms with Crippen LogP contribution in [0.2, 0.25) is 0 Å². The molecule has 0 aliphatic heterocycles. The summed E-state index contributed by atoms with van der Waals surface area (Å²) in [5, 5.41) is 0. The fourth-order valence-electron chi connectivity index (χ4n) is 0.265. The molecule has 1 amide bonds. The van der Waals surface area contributed by atoms with Gasteiger partial charge in [0.15, 0.2) is 0 Å². The number of hydrogen-bond acceptors (Lipinski definition) is 3. The molecule has 0 radical (unpaired) electrons. The highest BCUT2D eigenvalue weighted by molar-refractivity contribution is 8.06. The van der Waals surface area contributed by atoms with E-state index in [0.29, 0.717) is 0 Å². The number of rotatable bonds is 4. The molecule has 7 heteroatoms. The summed E-state index contributed by atoms with van der Waals surface area (Å²) in [4.78, 5) is 26.9. The van der Waals surface area contributed by atoms with E-state index in [-0.39, 0.29) is 13.0 Å². The molecule has 0 aromatic rings. The van der Waals surface area contributed by atoms with Crippen LogP contribution in [0.15, 0.2) is 0 Å². The van der Waals surface area contributed by atoms with Crippen molar-refractivity contribution in [2.24, 2.45) is 5.73 Å². The van der Waals surface area contributed by atoms with Crippen molar-refractivity contribution in [2.45, 2.75) is 6.42 Å². The van der Waals surface area contributed by atoms with Gasteiger partial charge in [-0.1, -0.05) is 0 Å². The molecule has 0 rings (SSSR count). The van der Waals surface area contributed by atoms with Crippen LogP contribution in [0.3, 0.4) is 0 Å². The maximum atomic E-state index is 10.0. The highest BCUT2D eigenvalue weighted by atomic mass is 32.5.